The van der Waals surface area contributed by atoms with Gasteiger partial charge in [0, 0.05) is 18.6 Å². The van der Waals surface area contributed by atoms with Crippen LogP contribution in [0.3, 0.4) is 0 Å². The minimum absolute atomic E-state index is 0.123. The van der Waals surface area contributed by atoms with Crippen LogP contribution in [0.5, 0.6) is 5.88 Å². The fourth-order valence-electron chi connectivity index (χ4n) is 2.84. The number of hydrogen-bond donors (Lipinski definition) is 1. The topological polar surface area (TPSA) is 91.7 Å². The van der Waals surface area contributed by atoms with Crippen LogP contribution in [-0.4, -0.2) is 31.8 Å². The zero-order chi connectivity index (χ0) is 19.9. The number of alkyl halides is 2. The predicted molar refractivity (Wildman–Crippen MR) is 100 cm³/mol. The van der Waals surface area contributed by atoms with Crippen molar-refractivity contribution in [3.05, 3.63) is 54.2 Å². The van der Waals surface area contributed by atoms with Crippen LogP contribution >= 0.6 is 0 Å². The number of rotatable bonds is 4. The van der Waals surface area contributed by atoms with Crippen LogP contribution in [0.25, 0.3) is 28.4 Å². The number of nitrogens with zero attached hydrogens (tertiary/aromatic N) is 5. The number of aromatic nitrogens is 5. The van der Waals surface area contributed by atoms with Crippen LogP contribution < -0.4 is 10.5 Å². The highest BCUT2D eigenvalue weighted by Gasteiger charge is 2.26. The minimum Gasteiger partial charge on any atom is -0.480 e. The maximum atomic E-state index is 13.8. The van der Waals surface area contributed by atoms with Crippen molar-refractivity contribution in [2.75, 3.05) is 12.8 Å². The van der Waals surface area contributed by atoms with Crippen LogP contribution in [-0.2, 0) is 5.92 Å². The maximum Gasteiger partial charge on any atom is 0.270 e. The van der Waals surface area contributed by atoms with Crippen molar-refractivity contribution < 1.29 is 13.5 Å². The number of halogens is 2. The lowest BCUT2D eigenvalue weighted by atomic mass is 10.1. The first-order valence-corrected chi connectivity index (χ1v) is 8.37. The summed E-state index contributed by atoms with van der Waals surface area (Å²) in [6, 6.07) is 11.1. The van der Waals surface area contributed by atoms with Crippen molar-refractivity contribution in [2.45, 2.75) is 12.8 Å². The lowest BCUT2D eigenvalue weighted by molar-refractivity contribution is 0.0176. The van der Waals surface area contributed by atoms with Crippen LogP contribution in [0.4, 0.5) is 14.5 Å². The van der Waals surface area contributed by atoms with Gasteiger partial charge in [-0.05, 0) is 30.3 Å². The van der Waals surface area contributed by atoms with E-state index in [1.54, 1.807) is 34.9 Å². The summed E-state index contributed by atoms with van der Waals surface area (Å²) < 4.78 is 34.3. The van der Waals surface area contributed by atoms with E-state index in [1.807, 2.05) is 0 Å². The minimum atomic E-state index is -2.97. The monoisotopic (exact) mass is 382 g/mol. The second-order valence-electron chi connectivity index (χ2n) is 6.27. The number of ether oxygens (including phenoxy) is 1. The van der Waals surface area contributed by atoms with Crippen molar-refractivity contribution in [2.24, 2.45) is 0 Å². The van der Waals surface area contributed by atoms with Crippen LogP contribution in [0, 0.1) is 0 Å². The number of nitrogens with two attached hydrogens (primary N) is 1. The number of pyridine rings is 1. The lowest BCUT2D eigenvalue weighted by Gasteiger charge is -2.11. The highest BCUT2D eigenvalue weighted by atomic mass is 19.3. The standard InChI is InChI=1S/C19H16F2N6O/c1-19(20,21)11-3-6-15-14(9-11)24-18(13-5-4-12(22)10-23-13)27(15)16-7-8-17(28-2)26-25-16/h3-10H,22H2,1-2H3. The summed E-state index contributed by atoms with van der Waals surface area (Å²) in [5, 5.41) is 8.15. The fourth-order valence-corrected chi connectivity index (χ4v) is 2.84. The van der Waals surface area contributed by atoms with Gasteiger partial charge in [0.1, 0.15) is 5.69 Å². The summed E-state index contributed by atoms with van der Waals surface area (Å²) in [5.41, 5.74) is 7.61. The molecule has 2 N–H and O–H groups in total. The maximum absolute atomic E-state index is 13.8. The van der Waals surface area contributed by atoms with E-state index in [2.05, 4.69) is 20.2 Å². The average Bonchev–Trinajstić information content (AvgIpc) is 3.06. The molecule has 4 rings (SSSR count). The van der Waals surface area contributed by atoms with E-state index in [-0.39, 0.29) is 5.56 Å². The fraction of sp³-hybridized carbons (Fsp3) is 0.158. The molecule has 0 bridgehead atoms. The van der Waals surface area contributed by atoms with E-state index < -0.39 is 5.92 Å². The van der Waals surface area contributed by atoms with Crippen molar-refractivity contribution in [1.82, 2.24) is 24.7 Å². The smallest absolute Gasteiger partial charge is 0.270 e. The molecule has 9 heteroatoms. The molecule has 4 aromatic rings. The number of imidazole rings is 1. The first-order chi connectivity index (χ1) is 13.4. The zero-order valence-electron chi connectivity index (χ0n) is 15.1. The Labute approximate surface area is 158 Å². The normalized spacial score (nSPS) is 11.7. The van der Waals surface area contributed by atoms with E-state index in [1.165, 1.54) is 25.4 Å². The van der Waals surface area contributed by atoms with Gasteiger partial charge in [0.25, 0.3) is 5.92 Å². The number of hydrogen-bond acceptors (Lipinski definition) is 6. The second kappa shape index (κ2) is 6.52. The van der Waals surface area contributed by atoms with Gasteiger partial charge < -0.3 is 10.5 Å². The summed E-state index contributed by atoms with van der Waals surface area (Å²) in [5.74, 6) is -1.73. The zero-order valence-corrected chi connectivity index (χ0v) is 15.1. The van der Waals surface area contributed by atoms with Crippen LogP contribution in [0.15, 0.2) is 48.7 Å². The molecule has 1 aromatic carbocycles. The molecule has 0 atom stereocenters. The summed E-state index contributed by atoms with van der Waals surface area (Å²) in [7, 11) is 1.49. The summed E-state index contributed by atoms with van der Waals surface area (Å²) in [4.78, 5) is 8.84. The van der Waals surface area contributed by atoms with Gasteiger partial charge >= 0.3 is 0 Å². The van der Waals surface area contributed by atoms with Gasteiger partial charge in [-0.15, -0.1) is 10.2 Å². The Morgan fingerprint density at radius 3 is 2.50 bits per heavy atom. The summed E-state index contributed by atoms with van der Waals surface area (Å²) >= 11 is 0. The molecule has 28 heavy (non-hydrogen) atoms. The Morgan fingerprint density at radius 2 is 1.89 bits per heavy atom. The Bertz CT molecular complexity index is 1130. The molecule has 0 aliphatic rings. The average molecular weight is 382 g/mol. The molecule has 7 nitrogen and oxygen atoms in total. The van der Waals surface area contributed by atoms with Gasteiger partial charge in [0.15, 0.2) is 11.6 Å². The predicted octanol–water partition coefficient (Wildman–Crippen LogP) is 3.58. The Kier molecular flexibility index (Phi) is 4.14. The first kappa shape index (κ1) is 17.8. The molecule has 142 valence electrons. The van der Waals surface area contributed by atoms with Crippen molar-refractivity contribution in [3.63, 3.8) is 0 Å². The highest BCUT2D eigenvalue weighted by Crippen LogP contribution is 2.32. The summed E-state index contributed by atoms with van der Waals surface area (Å²) in [6.07, 6.45) is 1.50. The first-order valence-electron chi connectivity index (χ1n) is 8.37. The van der Waals surface area contributed by atoms with Crippen molar-refractivity contribution >= 4 is 16.7 Å². The number of methoxy groups -OCH3 is 1. The van der Waals surface area contributed by atoms with E-state index in [0.717, 1.165) is 6.92 Å². The van der Waals surface area contributed by atoms with Gasteiger partial charge in [-0.3, -0.25) is 9.55 Å². The van der Waals surface area contributed by atoms with Gasteiger partial charge in [-0.2, -0.15) is 0 Å². The Balaban J connectivity index is 1.98. The second-order valence-corrected chi connectivity index (χ2v) is 6.27. The van der Waals surface area contributed by atoms with Crippen LogP contribution in [0.1, 0.15) is 12.5 Å². The third-order valence-electron chi connectivity index (χ3n) is 4.24. The highest BCUT2D eigenvalue weighted by molar-refractivity contribution is 5.83. The molecule has 0 aliphatic heterocycles. The number of benzene rings is 1. The van der Waals surface area contributed by atoms with Gasteiger partial charge in [-0.25, -0.2) is 13.8 Å². The molecule has 3 aromatic heterocycles. The Morgan fingerprint density at radius 1 is 1.07 bits per heavy atom. The van der Waals surface area contributed by atoms with Crippen molar-refractivity contribution in [1.29, 1.82) is 0 Å². The van der Waals surface area contributed by atoms with Gasteiger partial charge in [0.05, 0.1) is 30.0 Å². The molecule has 0 aliphatic carbocycles. The molecular formula is C19H16F2N6O. The molecular weight excluding hydrogens is 366 g/mol. The van der Waals surface area contributed by atoms with Gasteiger partial charge in [-0.1, -0.05) is 6.07 Å². The number of nitrogen functional groups attached to an aromatic ring is 1. The largest absolute Gasteiger partial charge is 0.480 e. The van der Waals surface area contributed by atoms with Crippen molar-refractivity contribution in [3.8, 4) is 23.2 Å². The van der Waals surface area contributed by atoms with E-state index in [0.29, 0.717) is 39.9 Å². The molecule has 3 heterocycles. The lowest BCUT2D eigenvalue weighted by Crippen LogP contribution is -2.06. The Hall–Kier alpha value is -3.62. The SMILES string of the molecule is COc1ccc(-n2c(-c3ccc(N)cn3)nc3cc(C(C)(F)F)ccc32)nn1. The molecule has 0 saturated heterocycles. The molecule has 0 radical (unpaired) electrons. The molecule has 0 saturated carbocycles. The summed E-state index contributed by atoms with van der Waals surface area (Å²) in [6.45, 7) is 0.850. The molecule has 0 amide bonds. The van der Waals surface area contributed by atoms with E-state index >= 15 is 0 Å². The number of fused-ring (bicyclic) bond motifs is 1. The molecule has 0 unspecified atom stereocenters. The van der Waals surface area contributed by atoms with E-state index in [9.17, 15) is 8.78 Å². The molecule has 0 spiro atoms. The third-order valence-corrected chi connectivity index (χ3v) is 4.24. The van der Waals surface area contributed by atoms with Gasteiger partial charge in [0.2, 0.25) is 5.88 Å². The van der Waals surface area contributed by atoms with Crippen LogP contribution in [0.2, 0.25) is 0 Å². The quantitative estimate of drug-likeness (QED) is 0.580. The number of anilines is 1. The van der Waals surface area contributed by atoms with E-state index in [4.69, 9.17) is 10.5 Å². The third kappa shape index (κ3) is 3.11. The molecule has 0 fully saturated rings.